The molecule has 37 heavy (non-hydrogen) atoms. The predicted octanol–water partition coefficient (Wildman–Crippen LogP) is 3.94. The van der Waals surface area contributed by atoms with E-state index in [1.54, 1.807) is 37.4 Å². The van der Waals surface area contributed by atoms with E-state index >= 15 is 0 Å². The Hall–Kier alpha value is -2.87. The van der Waals surface area contributed by atoms with E-state index in [1.165, 1.54) is 37.1 Å². The highest BCUT2D eigenvalue weighted by Crippen LogP contribution is 2.40. The molecule has 0 radical (unpaired) electrons. The van der Waals surface area contributed by atoms with E-state index in [1.807, 2.05) is 0 Å². The van der Waals surface area contributed by atoms with Crippen LogP contribution in [0.15, 0.2) is 56.5 Å². The van der Waals surface area contributed by atoms with Crippen LogP contribution in [0.25, 0.3) is 11.1 Å². The van der Waals surface area contributed by atoms with E-state index in [0.717, 1.165) is 17.6 Å². The van der Waals surface area contributed by atoms with Crippen molar-refractivity contribution in [3.05, 3.63) is 52.9 Å². The number of sulfone groups is 2. The molecule has 0 aliphatic heterocycles. The molecule has 3 rings (SSSR count). The van der Waals surface area contributed by atoms with E-state index in [0.29, 0.717) is 37.2 Å². The number of aryl methyl sites for hydroxylation is 1. The predicted molar refractivity (Wildman–Crippen MR) is 149 cm³/mol. The molecule has 1 aromatic heterocycles. The van der Waals surface area contributed by atoms with Crippen LogP contribution < -0.4 is 15.8 Å². The first kappa shape index (κ1) is 28.7. The number of hydrogen-bond acceptors (Lipinski definition) is 9. The van der Waals surface area contributed by atoms with Gasteiger partial charge >= 0.3 is 0 Å². The molecule has 0 saturated carbocycles. The molecule has 198 valence electrons. The Bertz CT molecular complexity index is 1580. The van der Waals surface area contributed by atoms with Crippen LogP contribution in [-0.4, -0.2) is 54.0 Å². The topological polar surface area (TPSA) is 156 Å². The minimum atomic E-state index is -3.95. The quantitative estimate of drug-likeness (QED) is 0.185. The molecule has 0 atom stereocenters. The zero-order valence-corrected chi connectivity index (χ0v) is 23.9. The molecule has 0 spiro atoms. The number of anilines is 1. The largest absolute Gasteiger partial charge is 0.497 e. The van der Waals surface area contributed by atoms with Crippen LogP contribution in [-0.2, 0) is 24.5 Å². The Morgan fingerprint density at radius 3 is 2.46 bits per heavy atom. The van der Waals surface area contributed by atoms with Crippen molar-refractivity contribution < 1.29 is 26.4 Å². The fourth-order valence-electron chi connectivity index (χ4n) is 3.61. The van der Waals surface area contributed by atoms with Gasteiger partial charge in [0.1, 0.15) is 21.4 Å². The standard InChI is InChI=1S/C24H27N3O6S4/c1-14-10-16(33-2)12-18(27-21(28)8-9-36(4,29)30)22(14)15-6-5-7-17(11-15)37(31,32)20-13-19(23(25)26)35-24(20)34-3/h5-7,10-13H,8-9H2,1-4H3,(H3,25,26)(H,27,28). The molecule has 4 N–H and O–H groups in total. The fourth-order valence-corrected chi connectivity index (χ4v) is 8.07. The number of nitrogens with two attached hydrogens (primary N) is 1. The van der Waals surface area contributed by atoms with Gasteiger partial charge in [-0.3, -0.25) is 10.2 Å². The second-order valence-corrected chi connectivity index (χ2v) is 14.5. The van der Waals surface area contributed by atoms with Crippen molar-refractivity contribution in [3.63, 3.8) is 0 Å². The van der Waals surface area contributed by atoms with Crippen molar-refractivity contribution in [1.29, 1.82) is 5.41 Å². The van der Waals surface area contributed by atoms with E-state index in [4.69, 9.17) is 15.9 Å². The third kappa shape index (κ3) is 6.72. The Morgan fingerprint density at radius 2 is 1.86 bits per heavy atom. The van der Waals surface area contributed by atoms with Crippen LogP contribution in [0.2, 0.25) is 0 Å². The lowest BCUT2D eigenvalue weighted by Gasteiger charge is -2.17. The molecule has 0 fully saturated rings. The smallest absolute Gasteiger partial charge is 0.225 e. The van der Waals surface area contributed by atoms with Gasteiger partial charge in [-0.25, -0.2) is 16.8 Å². The van der Waals surface area contributed by atoms with Crippen LogP contribution in [0.5, 0.6) is 5.75 Å². The minimum Gasteiger partial charge on any atom is -0.497 e. The number of ether oxygens (including phenoxy) is 1. The molecule has 13 heteroatoms. The van der Waals surface area contributed by atoms with Crippen LogP contribution in [0, 0.1) is 12.3 Å². The second kappa shape index (κ2) is 11.3. The summed E-state index contributed by atoms with van der Waals surface area (Å²) in [5.74, 6) is -0.530. The molecule has 0 unspecified atom stereocenters. The number of nitrogens with one attached hydrogen (secondary N) is 2. The molecule has 0 bridgehead atoms. The number of benzene rings is 2. The van der Waals surface area contributed by atoms with Crippen molar-refractivity contribution in [2.45, 2.75) is 27.3 Å². The number of carbonyl (C=O) groups is 1. The summed E-state index contributed by atoms with van der Waals surface area (Å²) in [6.45, 7) is 1.80. The van der Waals surface area contributed by atoms with Crippen LogP contribution in [0.4, 0.5) is 5.69 Å². The molecule has 0 aliphatic carbocycles. The first-order chi connectivity index (χ1) is 17.3. The zero-order valence-electron chi connectivity index (χ0n) is 20.6. The lowest BCUT2D eigenvalue weighted by atomic mass is 9.98. The van der Waals surface area contributed by atoms with Gasteiger partial charge in [0.15, 0.2) is 0 Å². The van der Waals surface area contributed by atoms with Crippen molar-refractivity contribution >= 4 is 60.2 Å². The van der Waals surface area contributed by atoms with E-state index in [2.05, 4.69) is 5.32 Å². The summed E-state index contributed by atoms with van der Waals surface area (Å²) < 4.78 is 56.0. The van der Waals surface area contributed by atoms with Gasteiger partial charge in [-0.05, 0) is 48.6 Å². The molecule has 1 heterocycles. The molecule has 2 aromatic carbocycles. The molecular formula is C24H27N3O6S4. The second-order valence-electron chi connectivity index (χ2n) is 8.21. The third-order valence-electron chi connectivity index (χ3n) is 5.36. The first-order valence-electron chi connectivity index (χ1n) is 10.8. The van der Waals surface area contributed by atoms with Gasteiger partial charge < -0.3 is 15.8 Å². The van der Waals surface area contributed by atoms with Crippen molar-refractivity contribution in [3.8, 4) is 16.9 Å². The van der Waals surface area contributed by atoms with Gasteiger partial charge in [-0.15, -0.1) is 23.1 Å². The number of nitrogen functional groups attached to an aromatic ring is 1. The van der Waals surface area contributed by atoms with Crippen LogP contribution >= 0.6 is 23.1 Å². The Kier molecular flexibility index (Phi) is 8.73. The summed E-state index contributed by atoms with van der Waals surface area (Å²) >= 11 is 2.40. The number of carbonyl (C=O) groups excluding carboxylic acids is 1. The maximum atomic E-state index is 13.6. The van der Waals surface area contributed by atoms with Gasteiger partial charge in [0.05, 0.1) is 37.4 Å². The lowest BCUT2D eigenvalue weighted by Crippen LogP contribution is -2.17. The Morgan fingerprint density at radius 1 is 1.16 bits per heavy atom. The van der Waals surface area contributed by atoms with Crippen molar-refractivity contribution in [1.82, 2.24) is 0 Å². The maximum Gasteiger partial charge on any atom is 0.225 e. The van der Waals surface area contributed by atoms with Crippen LogP contribution in [0.3, 0.4) is 0 Å². The highest BCUT2D eigenvalue weighted by molar-refractivity contribution is 8.01. The van der Waals surface area contributed by atoms with Crippen molar-refractivity contribution in [2.24, 2.45) is 5.73 Å². The number of methoxy groups -OCH3 is 1. The number of rotatable bonds is 10. The summed E-state index contributed by atoms with van der Waals surface area (Å²) in [4.78, 5) is 13.0. The monoisotopic (exact) mass is 581 g/mol. The molecule has 1 amide bonds. The zero-order chi connectivity index (χ0) is 27.5. The number of thiophene rings is 1. The first-order valence-corrected chi connectivity index (χ1v) is 16.4. The number of amides is 1. The number of hydrogen-bond donors (Lipinski definition) is 3. The molecule has 9 nitrogen and oxygen atoms in total. The molecule has 3 aromatic rings. The van der Waals surface area contributed by atoms with Gasteiger partial charge in [0.25, 0.3) is 0 Å². The maximum absolute atomic E-state index is 13.6. The summed E-state index contributed by atoms with van der Waals surface area (Å²) in [6.07, 6.45) is 2.59. The Labute approximate surface area is 224 Å². The van der Waals surface area contributed by atoms with Gasteiger partial charge in [0.2, 0.25) is 15.7 Å². The SMILES string of the molecule is COc1cc(C)c(-c2cccc(S(=O)(=O)c3cc(C(=N)N)sc3SC)c2)c(NC(=O)CCS(C)(=O)=O)c1. The lowest BCUT2D eigenvalue weighted by molar-refractivity contribution is -0.115. The highest BCUT2D eigenvalue weighted by Gasteiger charge is 2.26. The summed E-state index contributed by atoms with van der Waals surface area (Å²) in [6, 6.07) is 11.1. The molecular weight excluding hydrogens is 555 g/mol. The highest BCUT2D eigenvalue weighted by atomic mass is 32.2. The van der Waals surface area contributed by atoms with E-state index < -0.39 is 25.6 Å². The van der Waals surface area contributed by atoms with E-state index in [9.17, 15) is 21.6 Å². The van der Waals surface area contributed by atoms with E-state index in [-0.39, 0.29) is 27.8 Å². The van der Waals surface area contributed by atoms with Crippen LogP contribution in [0.1, 0.15) is 16.9 Å². The summed E-state index contributed by atoms with van der Waals surface area (Å²) in [7, 11) is -5.80. The Balaban J connectivity index is 2.10. The average Bonchev–Trinajstić information content (AvgIpc) is 3.28. The third-order valence-corrected chi connectivity index (χ3v) is 10.6. The van der Waals surface area contributed by atoms with Gasteiger partial charge in [0, 0.05) is 24.3 Å². The van der Waals surface area contributed by atoms with Gasteiger partial charge in [-0.1, -0.05) is 12.1 Å². The minimum absolute atomic E-state index is 0.0396. The number of amidine groups is 1. The normalized spacial score (nSPS) is 11.8. The summed E-state index contributed by atoms with van der Waals surface area (Å²) in [5.41, 5.74) is 7.77. The molecule has 0 aliphatic rings. The average molecular weight is 582 g/mol. The fraction of sp³-hybridized carbons (Fsp3) is 0.250. The number of thioether (sulfide) groups is 1. The van der Waals surface area contributed by atoms with Gasteiger partial charge in [-0.2, -0.15) is 0 Å². The molecule has 0 saturated heterocycles. The summed E-state index contributed by atoms with van der Waals surface area (Å²) in [5, 5.41) is 10.4. The van der Waals surface area contributed by atoms with Crippen molar-refractivity contribution in [2.75, 3.05) is 30.7 Å².